The lowest BCUT2D eigenvalue weighted by Gasteiger charge is -2.33. The number of carbonyl (C=O) groups is 2. The maximum Gasteiger partial charge on any atom is 0.271 e. The second-order valence-corrected chi connectivity index (χ2v) is 3.11. The largest absolute Gasteiger partial charge is 0.349 e. The van der Waals surface area contributed by atoms with Gasteiger partial charge in [-0.15, -0.1) is 0 Å². The minimum atomic E-state index is -0.822. The number of hydrogen-bond acceptors (Lipinski definition) is 3. The number of rotatable bonds is 0. The molecule has 5 heteroatoms. The van der Waals surface area contributed by atoms with Gasteiger partial charge in [-0.2, -0.15) is 0 Å². The van der Waals surface area contributed by atoms with Gasteiger partial charge in [0.25, 0.3) is 5.91 Å². The average molecular weight is 182 g/mol. The molecule has 0 saturated carbocycles. The van der Waals surface area contributed by atoms with Crippen molar-refractivity contribution in [1.82, 2.24) is 10.6 Å². The van der Waals surface area contributed by atoms with E-state index in [1.54, 1.807) is 0 Å². The molecule has 0 aromatic rings. The normalized spacial score (nSPS) is 33.4. The maximum atomic E-state index is 11.3. The molecule has 3 saturated heterocycles. The first-order valence-corrected chi connectivity index (χ1v) is 4.08. The highest BCUT2D eigenvalue weighted by molar-refractivity contribution is 5.98. The number of amides is 2. The van der Waals surface area contributed by atoms with Gasteiger partial charge < -0.3 is 15.4 Å². The van der Waals surface area contributed by atoms with Gasteiger partial charge in [-0.3, -0.25) is 9.59 Å². The smallest absolute Gasteiger partial charge is 0.271 e. The summed E-state index contributed by atoms with van der Waals surface area (Å²) < 4.78 is 5.12. The topological polar surface area (TPSA) is 67.4 Å². The van der Waals surface area contributed by atoms with Crippen LogP contribution in [0.3, 0.4) is 0 Å². The zero-order valence-corrected chi connectivity index (χ0v) is 7.00. The Morgan fingerprint density at radius 3 is 2.85 bits per heavy atom. The SMILES string of the molecule is C=C1CCO[C@@H]2NC(=O)C1NC2=O. The molecular formula is C8H10N2O3. The molecule has 2 atom stereocenters. The Bertz CT molecular complexity index is 279. The number of piperazine rings is 1. The Morgan fingerprint density at radius 2 is 2.08 bits per heavy atom. The summed E-state index contributed by atoms with van der Waals surface area (Å²) in [6.45, 7) is 4.15. The fraction of sp³-hybridized carbons (Fsp3) is 0.500. The minimum absolute atomic E-state index is 0.241. The van der Waals surface area contributed by atoms with Crippen LogP contribution in [0.15, 0.2) is 12.2 Å². The van der Waals surface area contributed by atoms with Crippen molar-refractivity contribution in [3.8, 4) is 0 Å². The molecule has 3 heterocycles. The third-order valence-corrected chi connectivity index (χ3v) is 2.18. The Morgan fingerprint density at radius 1 is 1.31 bits per heavy atom. The zero-order valence-electron chi connectivity index (χ0n) is 7.00. The van der Waals surface area contributed by atoms with Crippen LogP contribution in [-0.2, 0) is 14.3 Å². The van der Waals surface area contributed by atoms with Crippen molar-refractivity contribution >= 4 is 11.8 Å². The first kappa shape index (κ1) is 8.25. The molecule has 70 valence electrons. The van der Waals surface area contributed by atoms with E-state index in [1.165, 1.54) is 0 Å². The van der Waals surface area contributed by atoms with Gasteiger partial charge in [0.15, 0.2) is 0 Å². The highest BCUT2D eigenvalue weighted by Crippen LogP contribution is 2.14. The quantitative estimate of drug-likeness (QED) is 0.467. The molecule has 2 amide bonds. The second kappa shape index (κ2) is 2.85. The molecule has 3 aliphatic rings. The van der Waals surface area contributed by atoms with E-state index >= 15 is 0 Å². The molecule has 13 heavy (non-hydrogen) atoms. The summed E-state index contributed by atoms with van der Waals surface area (Å²) in [5.74, 6) is -0.542. The third kappa shape index (κ3) is 1.31. The lowest BCUT2D eigenvalue weighted by Crippen LogP contribution is -2.64. The van der Waals surface area contributed by atoms with Crippen molar-refractivity contribution in [2.75, 3.05) is 6.61 Å². The highest BCUT2D eigenvalue weighted by Gasteiger charge is 2.37. The van der Waals surface area contributed by atoms with Gasteiger partial charge in [0, 0.05) is 0 Å². The minimum Gasteiger partial charge on any atom is -0.349 e. The first-order valence-electron chi connectivity index (χ1n) is 4.08. The summed E-state index contributed by atoms with van der Waals surface area (Å²) in [6, 6.07) is -0.576. The number of nitrogens with one attached hydrogen (secondary N) is 2. The molecule has 0 aromatic carbocycles. The lowest BCUT2D eigenvalue weighted by molar-refractivity contribution is -0.149. The van der Waals surface area contributed by atoms with E-state index < -0.39 is 12.3 Å². The summed E-state index contributed by atoms with van der Waals surface area (Å²) in [5, 5.41) is 5.01. The molecular weight excluding hydrogens is 172 g/mol. The van der Waals surface area contributed by atoms with Crippen LogP contribution in [0.5, 0.6) is 0 Å². The van der Waals surface area contributed by atoms with Gasteiger partial charge in [-0.25, -0.2) is 0 Å². The van der Waals surface area contributed by atoms with Crippen LogP contribution in [0, 0.1) is 0 Å². The Labute approximate surface area is 75.1 Å². The summed E-state index contributed by atoms with van der Waals surface area (Å²) in [4.78, 5) is 22.5. The van der Waals surface area contributed by atoms with E-state index in [0.717, 1.165) is 0 Å². The summed E-state index contributed by atoms with van der Waals surface area (Å²) >= 11 is 0. The van der Waals surface area contributed by atoms with E-state index in [9.17, 15) is 9.59 Å². The Balaban J connectivity index is 2.27. The second-order valence-electron chi connectivity index (χ2n) is 3.11. The number of hydrogen-bond donors (Lipinski definition) is 2. The molecule has 0 spiro atoms. The van der Waals surface area contributed by atoms with Crippen molar-refractivity contribution in [2.45, 2.75) is 18.7 Å². The highest BCUT2D eigenvalue weighted by atomic mass is 16.5. The average Bonchev–Trinajstić information content (AvgIpc) is 2.07. The monoisotopic (exact) mass is 182 g/mol. The summed E-state index contributed by atoms with van der Waals surface area (Å²) in [6.07, 6.45) is -0.216. The van der Waals surface area contributed by atoms with Crippen LogP contribution in [0.1, 0.15) is 6.42 Å². The Hall–Kier alpha value is -1.36. The molecule has 3 aliphatic heterocycles. The van der Waals surface area contributed by atoms with Crippen LogP contribution >= 0.6 is 0 Å². The van der Waals surface area contributed by atoms with Crippen molar-refractivity contribution in [2.24, 2.45) is 0 Å². The van der Waals surface area contributed by atoms with E-state index in [4.69, 9.17) is 4.74 Å². The molecule has 0 radical (unpaired) electrons. The van der Waals surface area contributed by atoms with E-state index in [1.807, 2.05) is 0 Å². The molecule has 3 rings (SSSR count). The zero-order chi connectivity index (χ0) is 9.42. The lowest BCUT2D eigenvalue weighted by atomic mass is 10.0. The number of fused-ring (bicyclic) bond motifs is 5. The predicted octanol–water partition coefficient (Wildman–Crippen LogP) is -1.10. The van der Waals surface area contributed by atoms with Crippen LogP contribution in [0.4, 0.5) is 0 Å². The van der Waals surface area contributed by atoms with Crippen molar-refractivity contribution < 1.29 is 14.3 Å². The van der Waals surface area contributed by atoms with Crippen molar-refractivity contribution in [3.63, 3.8) is 0 Å². The maximum absolute atomic E-state index is 11.3. The molecule has 2 N–H and O–H groups in total. The van der Waals surface area contributed by atoms with Crippen LogP contribution in [-0.4, -0.2) is 30.7 Å². The molecule has 0 aliphatic carbocycles. The van der Waals surface area contributed by atoms with Crippen molar-refractivity contribution in [1.29, 1.82) is 0 Å². The van der Waals surface area contributed by atoms with E-state index in [-0.39, 0.29) is 11.8 Å². The molecule has 2 bridgehead atoms. The van der Waals surface area contributed by atoms with Crippen LogP contribution < -0.4 is 10.6 Å². The van der Waals surface area contributed by atoms with Crippen molar-refractivity contribution in [3.05, 3.63) is 12.2 Å². The molecule has 5 nitrogen and oxygen atoms in total. The van der Waals surface area contributed by atoms with Crippen LogP contribution in [0.2, 0.25) is 0 Å². The van der Waals surface area contributed by atoms with Gasteiger partial charge in [-0.1, -0.05) is 6.58 Å². The van der Waals surface area contributed by atoms with E-state index in [0.29, 0.717) is 18.6 Å². The fourth-order valence-electron chi connectivity index (χ4n) is 1.42. The van der Waals surface area contributed by atoms with Crippen LogP contribution in [0.25, 0.3) is 0 Å². The summed E-state index contributed by atoms with van der Waals surface area (Å²) in [7, 11) is 0. The fourth-order valence-corrected chi connectivity index (χ4v) is 1.42. The number of carbonyl (C=O) groups excluding carboxylic acids is 2. The molecule has 1 unspecified atom stereocenters. The first-order chi connectivity index (χ1) is 6.18. The predicted molar refractivity (Wildman–Crippen MR) is 43.6 cm³/mol. The number of ether oxygens (including phenoxy) is 1. The Kier molecular flexibility index (Phi) is 1.81. The van der Waals surface area contributed by atoms with E-state index in [2.05, 4.69) is 17.2 Å². The summed E-state index contributed by atoms with van der Waals surface area (Å²) in [5.41, 5.74) is 0.684. The van der Waals surface area contributed by atoms with Gasteiger partial charge in [0.2, 0.25) is 12.1 Å². The molecule has 3 fully saturated rings. The standard InChI is InChI=1S/C8H10N2O3/c1-4-2-3-13-8-7(12)9-5(4)6(11)10-8/h5,8H,1-3H2,(H,9,12)(H,10,11)/t5?,8-/m0/s1. The van der Waals surface area contributed by atoms with Gasteiger partial charge >= 0.3 is 0 Å². The van der Waals surface area contributed by atoms with Gasteiger partial charge in [0.05, 0.1) is 6.61 Å². The molecule has 0 aromatic heterocycles. The van der Waals surface area contributed by atoms with Gasteiger partial charge in [0.1, 0.15) is 6.04 Å². The van der Waals surface area contributed by atoms with Gasteiger partial charge in [-0.05, 0) is 12.0 Å². The third-order valence-electron chi connectivity index (χ3n) is 2.18.